The topological polar surface area (TPSA) is 71.6 Å². The normalized spacial score (nSPS) is 29.9. The average Bonchev–Trinajstić information content (AvgIpc) is 2.17. The van der Waals surface area contributed by atoms with Crippen molar-refractivity contribution < 1.29 is 43.8 Å². The Morgan fingerprint density at radius 1 is 1.24 bits per heavy atom. The maximum atomic E-state index is 10.4. The summed E-state index contributed by atoms with van der Waals surface area (Å²) >= 11 is -1.84. The van der Waals surface area contributed by atoms with E-state index in [1.54, 1.807) is 0 Å². The predicted molar refractivity (Wildman–Crippen MR) is 66.9 cm³/mol. The fourth-order valence-corrected chi connectivity index (χ4v) is 3.12. The summed E-state index contributed by atoms with van der Waals surface area (Å²) < 4.78 is 20.7. The van der Waals surface area contributed by atoms with Gasteiger partial charge in [0, 0.05) is 5.75 Å². The van der Waals surface area contributed by atoms with Crippen LogP contribution in [-0.4, -0.2) is 20.0 Å². The minimum Gasteiger partial charge on any atom is -0.772 e. The molecule has 0 aromatic carbocycles. The summed E-state index contributed by atoms with van der Waals surface area (Å²) in [4.78, 5) is 0. The van der Waals surface area contributed by atoms with Gasteiger partial charge in [-0.1, -0.05) is 50.6 Å². The van der Waals surface area contributed by atoms with E-state index in [9.17, 15) is 8.76 Å². The first-order valence-corrected chi connectivity index (χ1v) is 7.40. The second kappa shape index (κ2) is 10.9. The standard InChI is InChI=1S/C12H24O2S.Na.H2O/c1-10-6-7-11(2)12(9-10)5-3-4-8-15(13)14;;/h10-12H,3-9H2,1-2H3,(H,13,14);;1H2/q;+1;/p-1. The van der Waals surface area contributed by atoms with Gasteiger partial charge in [0.2, 0.25) is 0 Å². The van der Waals surface area contributed by atoms with Crippen LogP contribution in [0.5, 0.6) is 0 Å². The van der Waals surface area contributed by atoms with Gasteiger partial charge in [-0.3, -0.25) is 4.21 Å². The van der Waals surface area contributed by atoms with Gasteiger partial charge in [0.25, 0.3) is 0 Å². The molecule has 4 unspecified atom stereocenters. The van der Waals surface area contributed by atoms with Crippen LogP contribution in [-0.2, 0) is 11.1 Å². The fraction of sp³-hybridized carbons (Fsp3) is 1.00. The van der Waals surface area contributed by atoms with Crippen molar-refractivity contribution in [3.63, 3.8) is 0 Å². The zero-order valence-electron chi connectivity index (χ0n) is 11.4. The van der Waals surface area contributed by atoms with Crippen LogP contribution in [0.2, 0.25) is 0 Å². The Hall–Kier alpha value is 1.07. The molecule has 0 saturated heterocycles. The van der Waals surface area contributed by atoms with Gasteiger partial charge in [0.1, 0.15) is 0 Å². The van der Waals surface area contributed by atoms with Crippen LogP contribution in [0.4, 0.5) is 0 Å². The van der Waals surface area contributed by atoms with E-state index in [-0.39, 0.29) is 35.0 Å². The molecule has 0 aromatic heterocycles. The predicted octanol–water partition coefficient (Wildman–Crippen LogP) is -0.713. The van der Waals surface area contributed by atoms with Gasteiger partial charge in [-0.05, 0) is 30.6 Å². The first-order chi connectivity index (χ1) is 7.09. The molecule has 1 fully saturated rings. The molecule has 0 aliphatic heterocycles. The minimum absolute atomic E-state index is 0. The van der Waals surface area contributed by atoms with Crippen LogP contribution < -0.4 is 29.6 Å². The van der Waals surface area contributed by atoms with Crippen molar-refractivity contribution in [3.05, 3.63) is 0 Å². The summed E-state index contributed by atoms with van der Waals surface area (Å²) in [5, 5.41) is 0. The number of rotatable bonds is 5. The Balaban J connectivity index is 0. The van der Waals surface area contributed by atoms with E-state index in [1.165, 1.54) is 25.7 Å². The summed E-state index contributed by atoms with van der Waals surface area (Å²) in [7, 11) is 0. The zero-order chi connectivity index (χ0) is 11.3. The Kier molecular flexibility index (Phi) is 13.1. The third kappa shape index (κ3) is 8.73. The van der Waals surface area contributed by atoms with E-state index in [0.29, 0.717) is 5.75 Å². The van der Waals surface area contributed by atoms with Crippen molar-refractivity contribution >= 4 is 11.1 Å². The quantitative estimate of drug-likeness (QED) is 0.377. The fourth-order valence-electron chi connectivity index (χ4n) is 2.68. The van der Waals surface area contributed by atoms with Crippen LogP contribution in [0.1, 0.15) is 52.4 Å². The Morgan fingerprint density at radius 2 is 1.88 bits per heavy atom. The molecule has 0 radical (unpaired) electrons. The van der Waals surface area contributed by atoms with Crippen LogP contribution >= 0.6 is 0 Å². The zero-order valence-corrected chi connectivity index (χ0v) is 14.2. The van der Waals surface area contributed by atoms with Gasteiger partial charge in [-0.2, -0.15) is 0 Å². The molecule has 0 aromatic rings. The van der Waals surface area contributed by atoms with Crippen molar-refractivity contribution in [1.82, 2.24) is 0 Å². The molecule has 0 bridgehead atoms. The molecule has 5 heteroatoms. The van der Waals surface area contributed by atoms with Crippen LogP contribution in [0.15, 0.2) is 0 Å². The molecular weight excluding hydrogens is 247 g/mol. The molecule has 4 atom stereocenters. The molecule has 0 heterocycles. The molecule has 1 saturated carbocycles. The summed E-state index contributed by atoms with van der Waals surface area (Å²) in [6.45, 7) is 4.69. The van der Waals surface area contributed by atoms with Gasteiger partial charge >= 0.3 is 29.6 Å². The maximum absolute atomic E-state index is 10.4. The van der Waals surface area contributed by atoms with Crippen molar-refractivity contribution in [2.24, 2.45) is 17.8 Å². The van der Waals surface area contributed by atoms with E-state index >= 15 is 0 Å². The Labute approximate surface area is 130 Å². The summed E-state index contributed by atoms with van der Waals surface area (Å²) in [5.41, 5.74) is 0. The second-order valence-corrected chi connectivity index (χ2v) is 6.17. The molecule has 17 heavy (non-hydrogen) atoms. The first-order valence-electron chi connectivity index (χ1n) is 6.15. The van der Waals surface area contributed by atoms with Gasteiger partial charge in [-0.25, -0.2) is 0 Å². The number of hydrogen-bond donors (Lipinski definition) is 0. The molecule has 0 spiro atoms. The summed E-state index contributed by atoms with van der Waals surface area (Å²) in [6, 6.07) is 0. The van der Waals surface area contributed by atoms with E-state index in [4.69, 9.17) is 0 Å². The number of hydrogen-bond acceptors (Lipinski definition) is 2. The average molecular weight is 272 g/mol. The molecular formula is C12H25NaO3S. The second-order valence-electron chi connectivity index (χ2n) is 5.16. The van der Waals surface area contributed by atoms with Crippen molar-refractivity contribution in [2.45, 2.75) is 52.4 Å². The van der Waals surface area contributed by atoms with E-state index in [0.717, 1.165) is 30.6 Å². The van der Waals surface area contributed by atoms with Crippen LogP contribution in [0, 0.1) is 17.8 Å². The van der Waals surface area contributed by atoms with Crippen molar-refractivity contribution in [2.75, 3.05) is 5.75 Å². The smallest absolute Gasteiger partial charge is 0.772 e. The van der Waals surface area contributed by atoms with E-state index in [2.05, 4.69) is 13.8 Å². The minimum atomic E-state index is -1.84. The molecule has 1 rings (SSSR count). The molecule has 1 aliphatic rings. The third-order valence-electron chi connectivity index (χ3n) is 3.76. The third-order valence-corrected chi connectivity index (χ3v) is 4.38. The molecule has 98 valence electrons. The van der Waals surface area contributed by atoms with Gasteiger partial charge in [0.15, 0.2) is 0 Å². The van der Waals surface area contributed by atoms with Crippen LogP contribution in [0.25, 0.3) is 0 Å². The maximum Gasteiger partial charge on any atom is 1.00 e. The van der Waals surface area contributed by atoms with E-state index in [1.807, 2.05) is 0 Å². The van der Waals surface area contributed by atoms with Crippen LogP contribution in [0.3, 0.4) is 0 Å². The summed E-state index contributed by atoms with van der Waals surface area (Å²) in [6.07, 6.45) is 7.23. The Morgan fingerprint density at radius 3 is 2.47 bits per heavy atom. The van der Waals surface area contributed by atoms with Crippen molar-refractivity contribution in [1.29, 1.82) is 0 Å². The number of unbranched alkanes of at least 4 members (excludes halogenated alkanes) is 1. The molecule has 0 amide bonds. The van der Waals surface area contributed by atoms with Crippen molar-refractivity contribution in [3.8, 4) is 0 Å². The molecule has 1 aliphatic carbocycles. The van der Waals surface area contributed by atoms with Gasteiger partial charge in [0.05, 0.1) is 0 Å². The largest absolute Gasteiger partial charge is 1.00 e. The molecule has 2 N–H and O–H groups in total. The monoisotopic (exact) mass is 272 g/mol. The molecule has 3 nitrogen and oxygen atoms in total. The van der Waals surface area contributed by atoms with Gasteiger partial charge < -0.3 is 10.0 Å². The summed E-state index contributed by atoms with van der Waals surface area (Å²) in [5.74, 6) is 2.91. The Bertz CT molecular complexity index is 214. The van der Waals surface area contributed by atoms with Gasteiger partial charge in [-0.15, -0.1) is 0 Å². The SMILES string of the molecule is CC1CCC(C)C(CCCCS(=O)[O-])C1.O.[Na+]. The first kappa shape index (κ1) is 20.4. The van der Waals surface area contributed by atoms with E-state index < -0.39 is 11.1 Å².